The van der Waals surface area contributed by atoms with Crippen molar-refractivity contribution in [3.63, 3.8) is 0 Å². The van der Waals surface area contributed by atoms with Gasteiger partial charge < -0.3 is 10.1 Å². The average Bonchev–Trinajstić information content (AvgIpc) is 1.99. The summed E-state index contributed by atoms with van der Waals surface area (Å²) in [6.07, 6.45) is 4.74. The molecule has 0 amide bonds. The molecule has 1 saturated carbocycles. The molecule has 0 aromatic heterocycles. The number of hydrogen-bond acceptors (Lipinski definition) is 3. The van der Waals surface area contributed by atoms with Crippen LogP contribution in [0.2, 0.25) is 0 Å². The molecule has 0 aromatic carbocycles. The van der Waals surface area contributed by atoms with Gasteiger partial charge in [-0.3, -0.25) is 4.79 Å². The van der Waals surface area contributed by atoms with Crippen molar-refractivity contribution in [1.29, 1.82) is 0 Å². The van der Waals surface area contributed by atoms with Crippen LogP contribution in [0, 0.1) is 0 Å². The molecule has 0 bridgehead atoms. The fourth-order valence-electron chi connectivity index (χ4n) is 1.90. The maximum atomic E-state index is 11.5. The Hall–Kier alpha value is -0.570. The number of hydrogen-bond donors (Lipinski definition) is 1. The van der Waals surface area contributed by atoms with E-state index < -0.39 is 0 Å². The van der Waals surface area contributed by atoms with Crippen molar-refractivity contribution in [3.05, 3.63) is 0 Å². The lowest BCUT2D eigenvalue weighted by Crippen LogP contribution is -2.52. The van der Waals surface area contributed by atoms with Gasteiger partial charge in [-0.05, 0) is 46.5 Å². The number of carbonyl (C=O) groups is 1. The van der Waals surface area contributed by atoms with E-state index in [1.165, 1.54) is 19.3 Å². The highest BCUT2D eigenvalue weighted by Crippen LogP contribution is 2.34. The number of ether oxygens (including phenoxy) is 1. The average molecular weight is 213 g/mol. The first-order chi connectivity index (χ1) is 6.87. The van der Waals surface area contributed by atoms with Gasteiger partial charge in [-0.15, -0.1) is 0 Å². The molecule has 0 aliphatic heterocycles. The van der Waals surface area contributed by atoms with Crippen LogP contribution in [0.15, 0.2) is 0 Å². The van der Waals surface area contributed by atoms with Crippen molar-refractivity contribution in [2.45, 2.75) is 64.5 Å². The molecule has 1 rings (SSSR count). The molecule has 0 unspecified atom stereocenters. The van der Waals surface area contributed by atoms with Gasteiger partial charge in [0.2, 0.25) is 0 Å². The summed E-state index contributed by atoms with van der Waals surface area (Å²) in [7, 11) is 0. The van der Waals surface area contributed by atoms with E-state index >= 15 is 0 Å². The predicted molar refractivity (Wildman–Crippen MR) is 60.7 cm³/mol. The molecular formula is C12H23NO2. The summed E-state index contributed by atoms with van der Waals surface area (Å²) in [5, 5.41) is 3.33. The Labute approximate surface area is 92.6 Å². The highest BCUT2D eigenvalue weighted by Gasteiger charge is 2.35. The van der Waals surface area contributed by atoms with Crippen molar-refractivity contribution in [1.82, 2.24) is 5.32 Å². The molecule has 1 aliphatic carbocycles. The van der Waals surface area contributed by atoms with Gasteiger partial charge in [-0.2, -0.15) is 0 Å². The normalized spacial score (nSPS) is 19.5. The molecule has 0 spiro atoms. The summed E-state index contributed by atoms with van der Waals surface area (Å²) in [6, 6.07) is 0. The highest BCUT2D eigenvalue weighted by molar-refractivity contribution is 5.72. The Morgan fingerprint density at radius 2 is 2.00 bits per heavy atom. The molecule has 0 saturated heterocycles. The van der Waals surface area contributed by atoms with Gasteiger partial charge in [-0.1, -0.05) is 6.92 Å². The largest absolute Gasteiger partial charge is 0.459 e. The van der Waals surface area contributed by atoms with E-state index in [-0.39, 0.29) is 17.1 Å². The summed E-state index contributed by atoms with van der Waals surface area (Å²) < 4.78 is 5.24. The Bertz CT molecular complexity index is 221. The molecule has 0 radical (unpaired) electrons. The Kier molecular flexibility index (Phi) is 3.77. The van der Waals surface area contributed by atoms with Gasteiger partial charge >= 0.3 is 5.97 Å². The lowest BCUT2D eigenvalue weighted by Gasteiger charge is -2.42. The number of carbonyl (C=O) groups excluding carboxylic acids is 1. The number of nitrogens with one attached hydrogen (secondary N) is 1. The highest BCUT2D eigenvalue weighted by atomic mass is 16.6. The topological polar surface area (TPSA) is 38.3 Å². The Morgan fingerprint density at radius 3 is 2.33 bits per heavy atom. The molecule has 1 fully saturated rings. The SMILES string of the molecule is CCC1(NCC(=O)OC(C)(C)C)CCC1. The molecule has 15 heavy (non-hydrogen) atoms. The first-order valence-electron chi connectivity index (χ1n) is 5.84. The molecule has 3 nitrogen and oxygen atoms in total. The van der Waals surface area contributed by atoms with Crippen LogP contribution in [0.25, 0.3) is 0 Å². The summed E-state index contributed by atoms with van der Waals surface area (Å²) >= 11 is 0. The van der Waals surface area contributed by atoms with Crippen LogP contribution in [0.1, 0.15) is 53.4 Å². The van der Waals surface area contributed by atoms with E-state index in [1.54, 1.807) is 0 Å². The van der Waals surface area contributed by atoms with Gasteiger partial charge in [0, 0.05) is 5.54 Å². The second-order valence-electron chi connectivity index (χ2n) is 5.43. The lowest BCUT2D eigenvalue weighted by molar-refractivity contribution is -0.154. The van der Waals surface area contributed by atoms with E-state index in [0.29, 0.717) is 6.54 Å². The van der Waals surface area contributed by atoms with Crippen molar-refractivity contribution < 1.29 is 9.53 Å². The van der Waals surface area contributed by atoms with Crippen LogP contribution in [-0.4, -0.2) is 23.7 Å². The van der Waals surface area contributed by atoms with E-state index in [2.05, 4.69) is 12.2 Å². The zero-order chi connectivity index (χ0) is 11.5. The molecule has 3 heteroatoms. The number of rotatable bonds is 4. The van der Waals surface area contributed by atoms with Gasteiger partial charge in [0.25, 0.3) is 0 Å². The van der Waals surface area contributed by atoms with E-state index in [9.17, 15) is 4.79 Å². The van der Waals surface area contributed by atoms with Crippen LogP contribution in [0.3, 0.4) is 0 Å². The van der Waals surface area contributed by atoms with E-state index in [0.717, 1.165) is 6.42 Å². The molecule has 1 N–H and O–H groups in total. The van der Waals surface area contributed by atoms with Gasteiger partial charge in [0.05, 0.1) is 6.54 Å². The van der Waals surface area contributed by atoms with Crippen LogP contribution < -0.4 is 5.32 Å². The first kappa shape index (κ1) is 12.5. The molecule has 1 aliphatic rings. The van der Waals surface area contributed by atoms with Gasteiger partial charge in [0.1, 0.15) is 5.60 Å². The third-order valence-corrected chi connectivity index (χ3v) is 3.02. The molecule has 0 heterocycles. The lowest BCUT2D eigenvalue weighted by atomic mass is 9.75. The summed E-state index contributed by atoms with van der Waals surface area (Å²) in [6.45, 7) is 8.18. The minimum atomic E-state index is -0.377. The maximum absolute atomic E-state index is 11.5. The summed E-state index contributed by atoms with van der Waals surface area (Å²) in [5.74, 6) is -0.151. The minimum Gasteiger partial charge on any atom is -0.459 e. The summed E-state index contributed by atoms with van der Waals surface area (Å²) in [5.41, 5.74) is -0.158. The zero-order valence-electron chi connectivity index (χ0n) is 10.4. The molecule has 0 atom stereocenters. The van der Waals surface area contributed by atoms with Crippen molar-refractivity contribution >= 4 is 5.97 Å². The Morgan fingerprint density at radius 1 is 1.40 bits per heavy atom. The standard InChI is InChI=1S/C12H23NO2/c1-5-12(7-6-8-12)13-9-10(14)15-11(2,3)4/h13H,5-9H2,1-4H3. The predicted octanol–water partition coefficient (Wildman–Crippen LogP) is 2.25. The number of esters is 1. The fourth-order valence-corrected chi connectivity index (χ4v) is 1.90. The van der Waals surface area contributed by atoms with Crippen LogP contribution >= 0.6 is 0 Å². The van der Waals surface area contributed by atoms with Crippen LogP contribution in [0.4, 0.5) is 0 Å². The monoisotopic (exact) mass is 213 g/mol. The second kappa shape index (κ2) is 4.52. The molecule has 0 aromatic rings. The van der Waals surface area contributed by atoms with E-state index in [1.807, 2.05) is 20.8 Å². The third-order valence-electron chi connectivity index (χ3n) is 3.02. The smallest absolute Gasteiger partial charge is 0.320 e. The minimum absolute atomic E-state index is 0.151. The third kappa shape index (κ3) is 3.82. The Balaban J connectivity index is 2.27. The van der Waals surface area contributed by atoms with Crippen molar-refractivity contribution in [3.8, 4) is 0 Å². The van der Waals surface area contributed by atoms with Gasteiger partial charge in [0.15, 0.2) is 0 Å². The molecule has 88 valence electrons. The second-order valence-corrected chi connectivity index (χ2v) is 5.43. The van der Waals surface area contributed by atoms with Crippen LogP contribution in [-0.2, 0) is 9.53 Å². The zero-order valence-corrected chi connectivity index (χ0v) is 10.4. The fraction of sp³-hybridized carbons (Fsp3) is 0.917. The van der Waals surface area contributed by atoms with Gasteiger partial charge in [-0.25, -0.2) is 0 Å². The maximum Gasteiger partial charge on any atom is 0.320 e. The van der Waals surface area contributed by atoms with E-state index in [4.69, 9.17) is 4.74 Å². The molecular weight excluding hydrogens is 190 g/mol. The quantitative estimate of drug-likeness (QED) is 0.728. The van der Waals surface area contributed by atoms with Crippen molar-refractivity contribution in [2.24, 2.45) is 0 Å². The van der Waals surface area contributed by atoms with Crippen LogP contribution in [0.5, 0.6) is 0 Å². The first-order valence-corrected chi connectivity index (χ1v) is 5.84. The summed E-state index contributed by atoms with van der Waals surface area (Å²) in [4.78, 5) is 11.5. The van der Waals surface area contributed by atoms with Crippen molar-refractivity contribution in [2.75, 3.05) is 6.54 Å².